The minimum absolute atomic E-state index is 0.0186. The lowest BCUT2D eigenvalue weighted by Crippen LogP contribution is -3.08. The Morgan fingerprint density at radius 3 is 2.34 bits per heavy atom. The van der Waals surface area contributed by atoms with E-state index in [0.717, 1.165) is 16.0 Å². The topological polar surface area (TPSA) is 62.6 Å². The molecule has 5 nitrogen and oxygen atoms in total. The van der Waals surface area contributed by atoms with Crippen LogP contribution in [0.15, 0.2) is 66.7 Å². The van der Waals surface area contributed by atoms with Crippen LogP contribution in [0.5, 0.6) is 0 Å². The van der Waals surface area contributed by atoms with E-state index in [-0.39, 0.29) is 17.9 Å². The van der Waals surface area contributed by atoms with Gasteiger partial charge in [-0.1, -0.05) is 48.5 Å². The van der Waals surface area contributed by atoms with Crippen molar-refractivity contribution in [3.63, 3.8) is 0 Å². The summed E-state index contributed by atoms with van der Waals surface area (Å²) in [6, 6.07) is 21.9. The fraction of sp³-hybridized carbons (Fsp3) is 0.250. The smallest absolute Gasteiger partial charge is 0.275 e. The van der Waals surface area contributed by atoms with Gasteiger partial charge >= 0.3 is 0 Å². The summed E-state index contributed by atoms with van der Waals surface area (Å²) in [5.74, 6) is -0.0792. The Kier molecular flexibility index (Phi) is 6.62. The summed E-state index contributed by atoms with van der Waals surface area (Å²) >= 11 is 0. The Bertz CT molecular complexity index is 998. The highest BCUT2D eigenvalue weighted by molar-refractivity contribution is 5.93. The summed E-state index contributed by atoms with van der Waals surface area (Å²) in [7, 11) is 3.61. The molecule has 3 rings (SSSR count). The van der Waals surface area contributed by atoms with Crippen LogP contribution in [0.4, 0.5) is 0 Å². The van der Waals surface area contributed by atoms with Crippen molar-refractivity contribution in [2.45, 2.75) is 19.5 Å². The summed E-state index contributed by atoms with van der Waals surface area (Å²) in [6.45, 7) is 3.11. The number of hydrogen-bond donors (Lipinski definition) is 3. The Morgan fingerprint density at radius 1 is 0.966 bits per heavy atom. The zero-order valence-corrected chi connectivity index (χ0v) is 17.2. The van der Waals surface area contributed by atoms with Gasteiger partial charge in [0.1, 0.15) is 6.54 Å². The number of carbonyl (C=O) groups excluding carboxylic acids is 2. The first-order chi connectivity index (χ1) is 14.0. The summed E-state index contributed by atoms with van der Waals surface area (Å²) in [6.07, 6.45) is 0. The van der Waals surface area contributed by atoms with Gasteiger partial charge in [-0.05, 0) is 41.5 Å². The van der Waals surface area contributed by atoms with E-state index in [1.807, 2.05) is 50.4 Å². The zero-order chi connectivity index (χ0) is 20.8. The van der Waals surface area contributed by atoms with Gasteiger partial charge in [-0.15, -0.1) is 0 Å². The molecule has 29 heavy (non-hydrogen) atoms. The number of rotatable bonds is 7. The van der Waals surface area contributed by atoms with Crippen molar-refractivity contribution in [2.75, 3.05) is 20.6 Å². The van der Waals surface area contributed by atoms with Gasteiger partial charge in [0.15, 0.2) is 6.54 Å². The molecule has 0 bridgehead atoms. The molecule has 3 aromatic carbocycles. The molecule has 0 radical (unpaired) electrons. The van der Waals surface area contributed by atoms with Gasteiger partial charge in [-0.3, -0.25) is 9.59 Å². The van der Waals surface area contributed by atoms with Gasteiger partial charge in [-0.25, -0.2) is 0 Å². The van der Waals surface area contributed by atoms with Crippen LogP contribution in [-0.2, 0) is 11.3 Å². The van der Waals surface area contributed by atoms with Crippen LogP contribution in [0.3, 0.4) is 0 Å². The third-order valence-electron chi connectivity index (χ3n) is 5.06. The van der Waals surface area contributed by atoms with Crippen molar-refractivity contribution in [3.05, 3.63) is 83.4 Å². The minimum Gasteiger partial charge on any atom is -0.355 e. The predicted octanol–water partition coefficient (Wildman–Crippen LogP) is 2.09. The van der Waals surface area contributed by atoms with Crippen molar-refractivity contribution < 1.29 is 14.5 Å². The van der Waals surface area contributed by atoms with Gasteiger partial charge in [0.05, 0.1) is 13.1 Å². The molecule has 2 atom stereocenters. The maximum Gasteiger partial charge on any atom is 0.275 e. The molecule has 0 fully saturated rings. The number of amides is 2. The predicted molar refractivity (Wildman–Crippen MR) is 116 cm³/mol. The van der Waals surface area contributed by atoms with Gasteiger partial charge in [0, 0.05) is 18.2 Å². The van der Waals surface area contributed by atoms with Crippen molar-refractivity contribution in [1.29, 1.82) is 0 Å². The minimum atomic E-state index is -0.0979. The Morgan fingerprint density at radius 2 is 1.66 bits per heavy atom. The SMILES string of the molecule is CNC(=O)c1ccc(C[NH+](C)CC(=O)N[C@@H](C)c2ccc3ccccc3c2)cc1. The van der Waals surface area contributed by atoms with Crippen LogP contribution in [0, 0.1) is 0 Å². The maximum absolute atomic E-state index is 12.5. The van der Waals surface area contributed by atoms with Crippen LogP contribution in [-0.4, -0.2) is 32.5 Å². The number of fused-ring (bicyclic) bond motifs is 1. The number of carbonyl (C=O) groups is 2. The van der Waals surface area contributed by atoms with E-state index in [4.69, 9.17) is 0 Å². The molecule has 0 aliphatic heterocycles. The first-order valence-corrected chi connectivity index (χ1v) is 9.86. The fourth-order valence-electron chi connectivity index (χ4n) is 3.46. The van der Waals surface area contributed by atoms with Crippen LogP contribution in [0.25, 0.3) is 10.8 Å². The van der Waals surface area contributed by atoms with E-state index in [1.54, 1.807) is 7.05 Å². The van der Waals surface area contributed by atoms with E-state index in [0.29, 0.717) is 18.7 Å². The molecule has 1 unspecified atom stereocenters. The van der Waals surface area contributed by atoms with Crippen LogP contribution in [0.1, 0.15) is 34.5 Å². The third kappa shape index (κ3) is 5.42. The largest absolute Gasteiger partial charge is 0.355 e. The number of benzene rings is 3. The van der Waals surface area contributed by atoms with E-state index >= 15 is 0 Å². The Balaban J connectivity index is 1.54. The second-order valence-electron chi connectivity index (χ2n) is 7.48. The van der Waals surface area contributed by atoms with E-state index in [9.17, 15) is 9.59 Å². The van der Waals surface area contributed by atoms with Crippen molar-refractivity contribution in [1.82, 2.24) is 10.6 Å². The first-order valence-electron chi connectivity index (χ1n) is 9.86. The average molecular weight is 391 g/mol. The van der Waals surface area contributed by atoms with E-state index in [2.05, 4.69) is 41.0 Å². The molecule has 3 N–H and O–H groups in total. The van der Waals surface area contributed by atoms with Gasteiger partial charge < -0.3 is 15.5 Å². The molecule has 0 saturated heterocycles. The normalized spacial score (nSPS) is 12.9. The van der Waals surface area contributed by atoms with E-state index in [1.165, 1.54) is 10.8 Å². The lowest BCUT2D eigenvalue weighted by molar-refractivity contribution is -0.885. The number of hydrogen-bond acceptors (Lipinski definition) is 2. The summed E-state index contributed by atoms with van der Waals surface area (Å²) < 4.78 is 0. The monoisotopic (exact) mass is 390 g/mol. The molecular weight excluding hydrogens is 362 g/mol. The number of nitrogens with one attached hydrogen (secondary N) is 3. The van der Waals surface area contributed by atoms with Crippen molar-refractivity contribution in [3.8, 4) is 0 Å². The highest BCUT2D eigenvalue weighted by Gasteiger charge is 2.15. The van der Waals surface area contributed by atoms with Gasteiger partial charge in [-0.2, -0.15) is 0 Å². The zero-order valence-electron chi connectivity index (χ0n) is 17.2. The third-order valence-corrected chi connectivity index (χ3v) is 5.06. The lowest BCUT2D eigenvalue weighted by atomic mass is 10.0. The molecule has 0 aliphatic rings. The fourth-order valence-corrected chi connectivity index (χ4v) is 3.46. The molecule has 3 aromatic rings. The number of likely N-dealkylation sites (N-methyl/N-ethyl adjacent to an activating group) is 1. The van der Waals surface area contributed by atoms with Gasteiger partial charge in [0.2, 0.25) is 0 Å². The summed E-state index contributed by atoms with van der Waals surface area (Å²) in [5.41, 5.74) is 2.82. The standard InChI is InChI=1S/C24H27N3O2/c1-17(21-13-12-19-6-4-5-7-22(19)14-21)26-23(28)16-27(3)15-18-8-10-20(11-9-18)24(29)25-2/h4-14,17H,15-16H2,1-3H3,(H,25,29)(H,26,28)/p+1/t17-/m0/s1. The quantitative estimate of drug-likeness (QED) is 0.579. The average Bonchev–Trinajstić information content (AvgIpc) is 2.73. The highest BCUT2D eigenvalue weighted by Crippen LogP contribution is 2.20. The molecule has 0 aliphatic carbocycles. The molecule has 150 valence electrons. The molecular formula is C24H28N3O2+. The molecule has 2 amide bonds. The molecule has 0 saturated carbocycles. The maximum atomic E-state index is 12.5. The molecule has 0 spiro atoms. The second-order valence-corrected chi connectivity index (χ2v) is 7.48. The van der Waals surface area contributed by atoms with E-state index < -0.39 is 0 Å². The van der Waals surface area contributed by atoms with Crippen LogP contribution in [0.2, 0.25) is 0 Å². The number of quaternary nitrogens is 1. The Hall–Kier alpha value is -3.18. The summed E-state index contributed by atoms with van der Waals surface area (Å²) in [4.78, 5) is 25.2. The Labute approximate surface area is 171 Å². The van der Waals surface area contributed by atoms with Crippen molar-refractivity contribution >= 4 is 22.6 Å². The first kappa shape index (κ1) is 20.6. The summed E-state index contributed by atoms with van der Waals surface area (Å²) in [5, 5.41) is 8.08. The molecule has 0 heterocycles. The van der Waals surface area contributed by atoms with Crippen LogP contribution >= 0.6 is 0 Å². The van der Waals surface area contributed by atoms with Crippen molar-refractivity contribution in [2.24, 2.45) is 0 Å². The lowest BCUT2D eigenvalue weighted by Gasteiger charge is -2.18. The molecule has 0 aromatic heterocycles. The molecule has 5 heteroatoms. The second kappa shape index (κ2) is 9.34. The van der Waals surface area contributed by atoms with Gasteiger partial charge in [0.25, 0.3) is 11.8 Å². The van der Waals surface area contributed by atoms with Crippen LogP contribution < -0.4 is 15.5 Å². The highest BCUT2D eigenvalue weighted by atomic mass is 16.2.